The average Bonchev–Trinajstić information content (AvgIpc) is 2.78. The zero-order valence-electron chi connectivity index (χ0n) is 12.9. The maximum atomic E-state index is 8.91. The SMILES string of the molecule is CC.CC(CC#N)C1CCC2/C(=C/Br)CCCC21C. The van der Waals surface area contributed by atoms with E-state index < -0.39 is 0 Å². The molecule has 0 bridgehead atoms. The van der Waals surface area contributed by atoms with E-state index in [1.807, 2.05) is 13.8 Å². The Balaban J connectivity index is 0.000000861. The molecule has 0 aromatic carbocycles. The summed E-state index contributed by atoms with van der Waals surface area (Å²) in [5.74, 6) is 2.07. The minimum absolute atomic E-state index is 0.452. The van der Waals surface area contributed by atoms with Gasteiger partial charge < -0.3 is 0 Å². The fourth-order valence-corrected chi connectivity index (χ4v) is 4.98. The van der Waals surface area contributed by atoms with E-state index in [9.17, 15) is 0 Å². The van der Waals surface area contributed by atoms with Crippen LogP contribution in [0.25, 0.3) is 0 Å². The molecule has 108 valence electrons. The normalized spacial score (nSPS) is 36.9. The van der Waals surface area contributed by atoms with Crippen molar-refractivity contribution in [2.45, 2.75) is 66.2 Å². The predicted octanol–water partition coefficient (Wildman–Crippen LogP) is 6.06. The molecule has 0 N–H and O–H groups in total. The number of hydrogen-bond acceptors (Lipinski definition) is 1. The lowest BCUT2D eigenvalue weighted by atomic mass is 9.61. The van der Waals surface area contributed by atoms with Gasteiger partial charge in [-0.1, -0.05) is 49.2 Å². The first-order chi connectivity index (χ1) is 9.13. The summed E-state index contributed by atoms with van der Waals surface area (Å²) in [6.45, 7) is 8.74. The molecule has 0 amide bonds. The van der Waals surface area contributed by atoms with Gasteiger partial charge >= 0.3 is 0 Å². The van der Waals surface area contributed by atoms with E-state index in [-0.39, 0.29) is 0 Å². The summed E-state index contributed by atoms with van der Waals surface area (Å²) in [5.41, 5.74) is 2.07. The van der Waals surface area contributed by atoms with Crippen molar-refractivity contribution in [3.05, 3.63) is 10.6 Å². The first-order valence-corrected chi connectivity index (χ1v) is 8.71. The van der Waals surface area contributed by atoms with Crippen LogP contribution < -0.4 is 0 Å². The third kappa shape index (κ3) is 3.24. The molecule has 2 rings (SSSR count). The first-order valence-electron chi connectivity index (χ1n) is 7.79. The zero-order chi connectivity index (χ0) is 14.5. The molecule has 2 heteroatoms. The molecule has 0 radical (unpaired) electrons. The Morgan fingerprint density at radius 3 is 2.74 bits per heavy atom. The number of halogens is 1. The molecule has 2 fully saturated rings. The highest BCUT2D eigenvalue weighted by Gasteiger charge is 2.50. The highest BCUT2D eigenvalue weighted by atomic mass is 79.9. The van der Waals surface area contributed by atoms with Crippen LogP contribution in [0.2, 0.25) is 0 Å². The van der Waals surface area contributed by atoms with Crippen LogP contribution in [0.1, 0.15) is 66.2 Å². The van der Waals surface area contributed by atoms with Gasteiger partial charge in [-0.15, -0.1) is 0 Å². The Bertz CT molecular complexity index is 355. The number of nitriles is 1. The van der Waals surface area contributed by atoms with Gasteiger partial charge in [0, 0.05) is 6.42 Å². The summed E-state index contributed by atoms with van der Waals surface area (Å²) < 4.78 is 0. The second-order valence-electron chi connectivity index (χ2n) is 6.12. The highest BCUT2D eigenvalue weighted by Crippen LogP contribution is 2.59. The van der Waals surface area contributed by atoms with Crippen molar-refractivity contribution in [1.29, 1.82) is 5.26 Å². The minimum Gasteiger partial charge on any atom is -0.198 e. The van der Waals surface area contributed by atoms with Gasteiger partial charge in [-0.3, -0.25) is 0 Å². The molecule has 1 nitrogen and oxygen atoms in total. The van der Waals surface area contributed by atoms with Gasteiger partial charge in [0.15, 0.2) is 0 Å². The van der Waals surface area contributed by atoms with E-state index in [1.165, 1.54) is 32.1 Å². The molecule has 4 unspecified atom stereocenters. The molecule has 0 saturated heterocycles. The molecule has 2 aliphatic rings. The zero-order valence-corrected chi connectivity index (χ0v) is 14.5. The summed E-state index contributed by atoms with van der Waals surface area (Å²) in [6.07, 6.45) is 7.30. The second-order valence-corrected chi connectivity index (χ2v) is 6.58. The Kier molecular flexibility index (Phi) is 6.60. The topological polar surface area (TPSA) is 23.8 Å². The third-order valence-corrected chi connectivity index (χ3v) is 5.87. The van der Waals surface area contributed by atoms with Gasteiger partial charge in [-0.2, -0.15) is 5.26 Å². The Morgan fingerprint density at radius 2 is 2.16 bits per heavy atom. The molecule has 0 aromatic heterocycles. The Hall–Kier alpha value is -0.290. The molecule has 0 heterocycles. The Morgan fingerprint density at radius 1 is 1.47 bits per heavy atom. The molecule has 0 spiro atoms. The maximum absolute atomic E-state index is 8.91. The van der Waals surface area contributed by atoms with Crippen molar-refractivity contribution >= 4 is 15.9 Å². The molecule has 2 aliphatic carbocycles. The van der Waals surface area contributed by atoms with Crippen LogP contribution in [0.4, 0.5) is 0 Å². The van der Waals surface area contributed by atoms with Crippen molar-refractivity contribution in [3.8, 4) is 6.07 Å². The minimum atomic E-state index is 0.452. The molecule has 0 aliphatic heterocycles. The third-order valence-electron chi connectivity index (χ3n) is 5.28. The lowest BCUT2D eigenvalue weighted by Gasteiger charge is -2.44. The van der Waals surface area contributed by atoms with Gasteiger partial charge in [-0.25, -0.2) is 0 Å². The number of fused-ring (bicyclic) bond motifs is 1. The van der Waals surface area contributed by atoms with Gasteiger partial charge in [0.1, 0.15) is 0 Å². The number of allylic oxidation sites excluding steroid dienone is 1. The van der Waals surface area contributed by atoms with E-state index in [4.69, 9.17) is 5.26 Å². The van der Waals surface area contributed by atoms with Gasteiger partial charge in [0.2, 0.25) is 0 Å². The highest BCUT2D eigenvalue weighted by molar-refractivity contribution is 9.11. The van der Waals surface area contributed by atoms with Gasteiger partial charge in [-0.05, 0) is 60.3 Å². The fourth-order valence-electron chi connectivity index (χ4n) is 4.43. The molecule has 4 atom stereocenters. The quantitative estimate of drug-likeness (QED) is 0.605. The largest absolute Gasteiger partial charge is 0.198 e. The molecule has 19 heavy (non-hydrogen) atoms. The lowest BCUT2D eigenvalue weighted by molar-refractivity contribution is 0.0993. The summed E-state index contributed by atoms with van der Waals surface area (Å²) in [5, 5.41) is 8.91. The lowest BCUT2D eigenvalue weighted by Crippen LogP contribution is -2.35. The van der Waals surface area contributed by atoms with Crippen LogP contribution in [-0.2, 0) is 0 Å². The van der Waals surface area contributed by atoms with E-state index in [2.05, 4.69) is 40.8 Å². The Labute approximate surface area is 127 Å². The smallest absolute Gasteiger partial charge is 0.0624 e. The van der Waals surface area contributed by atoms with Gasteiger partial charge in [0.25, 0.3) is 0 Å². The van der Waals surface area contributed by atoms with Crippen LogP contribution in [0.15, 0.2) is 10.6 Å². The summed E-state index contributed by atoms with van der Waals surface area (Å²) >= 11 is 3.54. The summed E-state index contributed by atoms with van der Waals surface area (Å²) in [6, 6.07) is 2.36. The van der Waals surface area contributed by atoms with Crippen LogP contribution >= 0.6 is 15.9 Å². The molecular formula is C17H28BrN. The van der Waals surface area contributed by atoms with Crippen LogP contribution in [0.5, 0.6) is 0 Å². The summed E-state index contributed by atoms with van der Waals surface area (Å²) in [4.78, 5) is 2.17. The fraction of sp³-hybridized carbons (Fsp3) is 0.824. The van der Waals surface area contributed by atoms with E-state index in [0.717, 1.165) is 18.3 Å². The van der Waals surface area contributed by atoms with Crippen LogP contribution in [0.3, 0.4) is 0 Å². The van der Waals surface area contributed by atoms with Crippen LogP contribution in [-0.4, -0.2) is 0 Å². The number of rotatable bonds is 2. The number of nitrogens with zero attached hydrogens (tertiary/aromatic N) is 1. The predicted molar refractivity (Wildman–Crippen MR) is 85.9 cm³/mol. The molecule has 0 aromatic rings. The maximum Gasteiger partial charge on any atom is 0.0624 e. The second kappa shape index (κ2) is 7.48. The monoisotopic (exact) mass is 325 g/mol. The molecule has 2 saturated carbocycles. The van der Waals surface area contributed by atoms with Crippen molar-refractivity contribution in [1.82, 2.24) is 0 Å². The van der Waals surface area contributed by atoms with Crippen LogP contribution in [0, 0.1) is 34.5 Å². The average molecular weight is 326 g/mol. The van der Waals surface area contributed by atoms with Crippen molar-refractivity contribution in [3.63, 3.8) is 0 Å². The standard InChI is InChI=1S/C15H22BrN.C2H6/c1-11(7-9-17)13-5-6-14-12(10-16)4-3-8-15(13,14)2;1-2/h10-11,13-14H,3-8H2,1-2H3;1-2H3/b12-10+;. The van der Waals surface area contributed by atoms with E-state index in [1.54, 1.807) is 5.57 Å². The van der Waals surface area contributed by atoms with E-state index >= 15 is 0 Å². The van der Waals surface area contributed by atoms with E-state index in [0.29, 0.717) is 11.3 Å². The number of hydrogen-bond donors (Lipinski definition) is 0. The first kappa shape index (κ1) is 16.8. The van der Waals surface area contributed by atoms with Crippen molar-refractivity contribution in [2.75, 3.05) is 0 Å². The molecular weight excluding hydrogens is 298 g/mol. The summed E-state index contributed by atoms with van der Waals surface area (Å²) in [7, 11) is 0. The van der Waals surface area contributed by atoms with Gasteiger partial charge in [0.05, 0.1) is 6.07 Å². The van der Waals surface area contributed by atoms with Crippen molar-refractivity contribution < 1.29 is 0 Å². The van der Waals surface area contributed by atoms with Crippen molar-refractivity contribution in [2.24, 2.45) is 23.2 Å².